The van der Waals surface area contributed by atoms with Gasteiger partial charge in [0.05, 0.1) is 12.2 Å². The Bertz CT molecular complexity index is 969. The van der Waals surface area contributed by atoms with Crippen LogP contribution in [0.1, 0.15) is 27.0 Å². The van der Waals surface area contributed by atoms with Crippen LogP contribution in [0.5, 0.6) is 0 Å². The Morgan fingerprint density at radius 2 is 1.71 bits per heavy atom. The molecule has 2 aromatic carbocycles. The number of benzene rings is 2. The number of aromatic nitrogens is 2. The molecular weight excluding hydrogens is 352 g/mol. The molecule has 0 bridgehead atoms. The van der Waals surface area contributed by atoms with Crippen LogP contribution in [0.2, 0.25) is 0 Å². The molecular formula is C22H24N4O2. The summed E-state index contributed by atoms with van der Waals surface area (Å²) in [5.41, 5.74) is 5.36. The van der Waals surface area contributed by atoms with Gasteiger partial charge in [-0.3, -0.25) is 9.59 Å². The lowest BCUT2D eigenvalue weighted by atomic mass is 10.1. The third-order valence-corrected chi connectivity index (χ3v) is 4.55. The van der Waals surface area contributed by atoms with E-state index in [4.69, 9.17) is 0 Å². The van der Waals surface area contributed by atoms with Crippen molar-refractivity contribution in [3.8, 4) is 5.69 Å². The van der Waals surface area contributed by atoms with Crippen LogP contribution in [0.15, 0.2) is 54.9 Å². The van der Waals surface area contributed by atoms with Gasteiger partial charge in [0.15, 0.2) is 0 Å². The third kappa shape index (κ3) is 4.28. The van der Waals surface area contributed by atoms with Crippen molar-refractivity contribution in [1.29, 1.82) is 0 Å². The molecule has 3 aromatic rings. The first kappa shape index (κ1) is 19.4. The number of hydrogen-bond acceptors (Lipinski definition) is 3. The predicted molar refractivity (Wildman–Crippen MR) is 110 cm³/mol. The minimum absolute atomic E-state index is 0.0213. The summed E-state index contributed by atoms with van der Waals surface area (Å²) >= 11 is 0. The number of anilines is 1. The summed E-state index contributed by atoms with van der Waals surface area (Å²) in [5.74, 6) is -0.432. The number of aryl methyl sites for hydroxylation is 3. The summed E-state index contributed by atoms with van der Waals surface area (Å²) in [4.78, 5) is 26.5. The number of amides is 2. The highest BCUT2D eigenvalue weighted by atomic mass is 16.2. The average molecular weight is 376 g/mol. The third-order valence-electron chi connectivity index (χ3n) is 4.55. The molecule has 2 amide bonds. The fraction of sp³-hybridized carbons (Fsp3) is 0.227. The fourth-order valence-corrected chi connectivity index (χ4v) is 3.24. The van der Waals surface area contributed by atoms with Gasteiger partial charge < -0.3 is 10.2 Å². The minimum atomic E-state index is -0.223. The van der Waals surface area contributed by atoms with Crippen molar-refractivity contribution in [2.45, 2.75) is 20.8 Å². The average Bonchev–Trinajstić information content (AvgIpc) is 3.19. The standard InChI is InChI=1S/C22H24N4O2/c1-15-12-16(2)21(17(3)13-15)24-20(27)14-25(4)22(28)18-6-8-19(9-7-18)26-11-5-10-23-26/h5-13H,14H2,1-4H3,(H,24,27). The molecule has 0 aliphatic carbocycles. The van der Waals surface area contributed by atoms with Gasteiger partial charge in [0, 0.05) is 30.7 Å². The van der Waals surface area contributed by atoms with Gasteiger partial charge in [0.25, 0.3) is 5.91 Å². The molecule has 1 aromatic heterocycles. The Hall–Kier alpha value is -3.41. The van der Waals surface area contributed by atoms with Gasteiger partial charge in [-0.15, -0.1) is 0 Å². The number of hydrogen-bond donors (Lipinski definition) is 1. The highest BCUT2D eigenvalue weighted by Gasteiger charge is 2.16. The van der Waals surface area contributed by atoms with Crippen LogP contribution >= 0.6 is 0 Å². The second kappa shape index (κ2) is 8.08. The summed E-state index contributed by atoms with van der Waals surface area (Å²) in [6.45, 7) is 5.93. The quantitative estimate of drug-likeness (QED) is 0.741. The summed E-state index contributed by atoms with van der Waals surface area (Å²) < 4.78 is 1.72. The lowest BCUT2D eigenvalue weighted by Crippen LogP contribution is -2.35. The fourth-order valence-electron chi connectivity index (χ4n) is 3.24. The van der Waals surface area contributed by atoms with Crippen molar-refractivity contribution in [2.75, 3.05) is 18.9 Å². The van der Waals surface area contributed by atoms with Crippen LogP contribution < -0.4 is 5.32 Å². The summed E-state index contributed by atoms with van der Waals surface area (Å²) in [5, 5.41) is 7.09. The molecule has 1 N–H and O–H groups in total. The maximum Gasteiger partial charge on any atom is 0.254 e. The Balaban J connectivity index is 1.64. The minimum Gasteiger partial charge on any atom is -0.332 e. The molecule has 0 aliphatic heterocycles. The summed E-state index contributed by atoms with van der Waals surface area (Å²) in [6, 6.07) is 13.0. The van der Waals surface area contributed by atoms with Gasteiger partial charge in [0.2, 0.25) is 5.91 Å². The maximum atomic E-state index is 12.6. The monoisotopic (exact) mass is 376 g/mol. The Kier molecular flexibility index (Phi) is 5.59. The van der Waals surface area contributed by atoms with E-state index < -0.39 is 0 Å². The normalized spacial score (nSPS) is 10.6. The zero-order valence-electron chi connectivity index (χ0n) is 16.6. The molecule has 0 saturated carbocycles. The van der Waals surface area contributed by atoms with Crippen molar-refractivity contribution in [2.24, 2.45) is 0 Å². The molecule has 6 heteroatoms. The van der Waals surface area contributed by atoms with Gasteiger partial charge >= 0.3 is 0 Å². The Labute approximate surface area is 164 Å². The molecule has 1 heterocycles. The van der Waals surface area contributed by atoms with E-state index in [0.717, 1.165) is 28.1 Å². The predicted octanol–water partition coefficient (Wildman–Crippen LogP) is 3.51. The molecule has 144 valence electrons. The first-order valence-electron chi connectivity index (χ1n) is 9.08. The van der Waals surface area contributed by atoms with Crippen LogP contribution in [0.4, 0.5) is 5.69 Å². The lowest BCUT2D eigenvalue weighted by molar-refractivity contribution is -0.116. The van der Waals surface area contributed by atoms with Gasteiger partial charge in [-0.2, -0.15) is 5.10 Å². The van der Waals surface area contributed by atoms with E-state index in [1.165, 1.54) is 4.90 Å². The molecule has 0 fully saturated rings. The van der Waals surface area contributed by atoms with Crippen LogP contribution in [0.3, 0.4) is 0 Å². The van der Waals surface area contributed by atoms with E-state index >= 15 is 0 Å². The largest absolute Gasteiger partial charge is 0.332 e. The van der Waals surface area contributed by atoms with E-state index in [0.29, 0.717) is 5.56 Å². The molecule has 0 unspecified atom stereocenters. The van der Waals surface area contributed by atoms with Crippen molar-refractivity contribution in [3.63, 3.8) is 0 Å². The molecule has 0 radical (unpaired) electrons. The molecule has 0 aliphatic rings. The highest BCUT2D eigenvalue weighted by molar-refractivity contribution is 5.99. The van der Waals surface area contributed by atoms with Crippen molar-refractivity contribution < 1.29 is 9.59 Å². The topological polar surface area (TPSA) is 67.2 Å². The van der Waals surface area contributed by atoms with Crippen LogP contribution in [-0.2, 0) is 4.79 Å². The van der Waals surface area contributed by atoms with Crippen LogP contribution in [-0.4, -0.2) is 40.1 Å². The van der Waals surface area contributed by atoms with Gasteiger partial charge in [0.1, 0.15) is 0 Å². The molecule has 0 saturated heterocycles. The first-order chi connectivity index (χ1) is 13.3. The number of rotatable bonds is 5. The summed E-state index contributed by atoms with van der Waals surface area (Å²) in [6.07, 6.45) is 3.53. The van der Waals surface area contributed by atoms with Crippen LogP contribution in [0.25, 0.3) is 5.69 Å². The molecule has 3 rings (SSSR count). The number of nitrogens with zero attached hydrogens (tertiary/aromatic N) is 3. The number of carbonyl (C=O) groups excluding carboxylic acids is 2. The first-order valence-corrected chi connectivity index (χ1v) is 9.08. The lowest BCUT2D eigenvalue weighted by Gasteiger charge is -2.18. The van der Waals surface area contributed by atoms with Gasteiger partial charge in [-0.25, -0.2) is 4.68 Å². The number of nitrogens with one attached hydrogen (secondary N) is 1. The SMILES string of the molecule is Cc1cc(C)c(NC(=O)CN(C)C(=O)c2ccc(-n3cccn3)cc2)c(C)c1. The van der Waals surface area contributed by atoms with E-state index in [9.17, 15) is 9.59 Å². The molecule has 0 atom stereocenters. The van der Waals surface area contributed by atoms with Crippen molar-refractivity contribution in [3.05, 3.63) is 77.1 Å². The molecule has 28 heavy (non-hydrogen) atoms. The number of likely N-dealkylation sites (N-methyl/N-ethyl adjacent to an activating group) is 1. The van der Waals surface area contributed by atoms with Crippen molar-refractivity contribution in [1.82, 2.24) is 14.7 Å². The zero-order chi connectivity index (χ0) is 20.3. The van der Waals surface area contributed by atoms with Gasteiger partial charge in [-0.1, -0.05) is 17.7 Å². The molecule has 6 nitrogen and oxygen atoms in total. The van der Waals surface area contributed by atoms with Crippen LogP contribution in [0, 0.1) is 20.8 Å². The van der Waals surface area contributed by atoms with E-state index in [1.54, 1.807) is 30.1 Å². The zero-order valence-corrected chi connectivity index (χ0v) is 16.6. The summed E-state index contributed by atoms with van der Waals surface area (Å²) in [7, 11) is 1.62. The Morgan fingerprint density at radius 1 is 1.07 bits per heavy atom. The van der Waals surface area contributed by atoms with E-state index in [2.05, 4.69) is 10.4 Å². The second-order valence-corrected chi connectivity index (χ2v) is 6.98. The second-order valence-electron chi connectivity index (χ2n) is 6.98. The molecule has 0 spiro atoms. The van der Waals surface area contributed by atoms with Crippen molar-refractivity contribution >= 4 is 17.5 Å². The van der Waals surface area contributed by atoms with Gasteiger partial charge in [-0.05, 0) is 62.2 Å². The number of carbonyl (C=O) groups is 2. The highest BCUT2D eigenvalue weighted by Crippen LogP contribution is 2.21. The van der Waals surface area contributed by atoms with E-state index in [1.807, 2.05) is 57.3 Å². The Morgan fingerprint density at radius 3 is 2.29 bits per heavy atom. The van der Waals surface area contributed by atoms with E-state index in [-0.39, 0.29) is 18.4 Å². The smallest absolute Gasteiger partial charge is 0.254 e. The maximum absolute atomic E-state index is 12.6.